The topological polar surface area (TPSA) is 28.2 Å². The number of benzene rings is 1. The van der Waals surface area contributed by atoms with E-state index in [-0.39, 0.29) is 0 Å². The van der Waals surface area contributed by atoms with E-state index in [1.165, 1.54) is 5.56 Å². The summed E-state index contributed by atoms with van der Waals surface area (Å²) in [6.07, 6.45) is 1.84. The molecule has 0 bridgehead atoms. The van der Waals surface area contributed by atoms with E-state index in [1.54, 1.807) is 0 Å². The van der Waals surface area contributed by atoms with Gasteiger partial charge in [0.1, 0.15) is 0 Å². The number of hydrogen-bond donors (Lipinski definition) is 1. The molecular formula is C18H25N3. The number of hydrogen-bond acceptors (Lipinski definition) is 3. The van der Waals surface area contributed by atoms with Crippen molar-refractivity contribution in [2.75, 3.05) is 19.6 Å². The summed E-state index contributed by atoms with van der Waals surface area (Å²) in [5, 5.41) is 3.55. The first-order chi connectivity index (χ1) is 10.3. The first-order valence-corrected chi connectivity index (χ1v) is 7.74. The van der Waals surface area contributed by atoms with Crippen LogP contribution in [0.4, 0.5) is 0 Å². The maximum absolute atomic E-state index is 4.36. The summed E-state index contributed by atoms with van der Waals surface area (Å²) in [6.45, 7) is 8.30. The molecule has 21 heavy (non-hydrogen) atoms. The van der Waals surface area contributed by atoms with Crippen molar-refractivity contribution in [1.29, 1.82) is 0 Å². The Kier molecular flexibility index (Phi) is 6.38. The number of nitrogens with zero attached hydrogens (tertiary/aromatic N) is 2. The number of likely N-dealkylation sites (N-methyl/N-ethyl adjacent to an activating group) is 1. The van der Waals surface area contributed by atoms with Gasteiger partial charge in [0, 0.05) is 25.3 Å². The Labute approximate surface area is 128 Å². The Morgan fingerprint density at radius 1 is 1.00 bits per heavy atom. The lowest BCUT2D eigenvalue weighted by molar-refractivity contribution is 0.213. The Bertz CT molecular complexity index is 494. The molecule has 0 amide bonds. The molecule has 1 atom stereocenters. The molecule has 0 fully saturated rings. The summed E-state index contributed by atoms with van der Waals surface area (Å²) >= 11 is 0. The highest BCUT2D eigenvalue weighted by atomic mass is 15.2. The van der Waals surface area contributed by atoms with E-state index in [1.807, 2.05) is 18.3 Å². The minimum atomic E-state index is 0.407. The fourth-order valence-electron chi connectivity index (χ4n) is 2.64. The van der Waals surface area contributed by atoms with Gasteiger partial charge in [0.15, 0.2) is 0 Å². The Balaban J connectivity index is 1.99. The van der Waals surface area contributed by atoms with E-state index < -0.39 is 0 Å². The van der Waals surface area contributed by atoms with Gasteiger partial charge in [-0.1, -0.05) is 50.2 Å². The van der Waals surface area contributed by atoms with Crippen LogP contribution in [0.1, 0.15) is 31.1 Å². The standard InChI is InChI=1S/C18H25N3/c1-3-21(4-2)18(16-10-6-5-7-11-16)15-19-14-17-12-8-9-13-20-17/h5-13,18-19H,3-4,14-15H2,1-2H3. The zero-order valence-electron chi connectivity index (χ0n) is 13.0. The minimum absolute atomic E-state index is 0.407. The van der Waals surface area contributed by atoms with Crippen LogP contribution in [0.3, 0.4) is 0 Å². The van der Waals surface area contributed by atoms with E-state index in [0.717, 1.165) is 31.9 Å². The van der Waals surface area contributed by atoms with Gasteiger partial charge in [-0.15, -0.1) is 0 Å². The molecular weight excluding hydrogens is 258 g/mol. The van der Waals surface area contributed by atoms with E-state index in [4.69, 9.17) is 0 Å². The van der Waals surface area contributed by atoms with Gasteiger partial charge in [-0.3, -0.25) is 9.88 Å². The third kappa shape index (κ3) is 4.66. The largest absolute Gasteiger partial charge is 0.309 e. The summed E-state index contributed by atoms with van der Waals surface area (Å²) in [7, 11) is 0. The van der Waals surface area contributed by atoms with Crippen molar-refractivity contribution in [1.82, 2.24) is 15.2 Å². The van der Waals surface area contributed by atoms with Crippen LogP contribution in [0, 0.1) is 0 Å². The molecule has 3 heteroatoms. The average Bonchev–Trinajstić information content (AvgIpc) is 2.56. The van der Waals surface area contributed by atoms with Crippen LogP contribution in [0.5, 0.6) is 0 Å². The van der Waals surface area contributed by atoms with Gasteiger partial charge in [-0.2, -0.15) is 0 Å². The molecule has 0 spiro atoms. The summed E-state index contributed by atoms with van der Waals surface area (Å²) < 4.78 is 0. The second-order valence-electron chi connectivity index (χ2n) is 5.10. The molecule has 1 aromatic carbocycles. The van der Waals surface area contributed by atoms with Crippen LogP contribution in [-0.2, 0) is 6.54 Å². The van der Waals surface area contributed by atoms with Crippen LogP contribution in [0.25, 0.3) is 0 Å². The highest BCUT2D eigenvalue weighted by Crippen LogP contribution is 2.19. The number of pyridine rings is 1. The van der Waals surface area contributed by atoms with Gasteiger partial charge >= 0.3 is 0 Å². The number of nitrogens with one attached hydrogen (secondary N) is 1. The highest BCUT2D eigenvalue weighted by molar-refractivity contribution is 5.19. The Hall–Kier alpha value is -1.71. The first kappa shape index (κ1) is 15.7. The first-order valence-electron chi connectivity index (χ1n) is 7.74. The summed E-state index contributed by atoms with van der Waals surface area (Å²) in [5.74, 6) is 0. The van der Waals surface area contributed by atoms with E-state index >= 15 is 0 Å². The molecule has 0 saturated heterocycles. The lowest BCUT2D eigenvalue weighted by Crippen LogP contribution is -2.35. The van der Waals surface area contributed by atoms with Crippen molar-refractivity contribution in [2.45, 2.75) is 26.4 Å². The van der Waals surface area contributed by atoms with Gasteiger partial charge in [-0.25, -0.2) is 0 Å². The molecule has 1 N–H and O–H groups in total. The maximum Gasteiger partial charge on any atom is 0.0541 e. The molecule has 0 radical (unpaired) electrons. The predicted octanol–water partition coefficient (Wildman–Crippen LogP) is 3.25. The van der Waals surface area contributed by atoms with Crippen LogP contribution >= 0.6 is 0 Å². The van der Waals surface area contributed by atoms with Crippen molar-refractivity contribution in [3.63, 3.8) is 0 Å². The Morgan fingerprint density at radius 2 is 1.71 bits per heavy atom. The molecule has 1 aromatic heterocycles. The second kappa shape index (κ2) is 8.55. The zero-order chi connectivity index (χ0) is 14.9. The third-order valence-electron chi connectivity index (χ3n) is 3.81. The average molecular weight is 283 g/mol. The van der Waals surface area contributed by atoms with E-state index in [2.05, 4.69) is 65.4 Å². The van der Waals surface area contributed by atoms with Gasteiger partial charge in [0.2, 0.25) is 0 Å². The summed E-state index contributed by atoms with van der Waals surface area (Å²) in [4.78, 5) is 6.84. The van der Waals surface area contributed by atoms with Crippen molar-refractivity contribution < 1.29 is 0 Å². The van der Waals surface area contributed by atoms with Crippen LogP contribution in [0.2, 0.25) is 0 Å². The third-order valence-corrected chi connectivity index (χ3v) is 3.81. The Morgan fingerprint density at radius 3 is 2.33 bits per heavy atom. The second-order valence-corrected chi connectivity index (χ2v) is 5.10. The highest BCUT2D eigenvalue weighted by Gasteiger charge is 2.17. The van der Waals surface area contributed by atoms with Crippen molar-refractivity contribution in [2.24, 2.45) is 0 Å². The quantitative estimate of drug-likeness (QED) is 0.806. The van der Waals surface area contributed by atoms with Gasteiger partial charge in [0.05, 0.1) is 5.69 Å². The van der Waals surface area contributed by atoms with Crippen LogP contribution < -0.4 is 5.32 Å². The van der Waals surface area contributed by atoms with Gasteiger partial charge in [0.25, 0.3) is 0 Å². The van der Waals surface area contributed by atoms with E-state index in [0.29, 0.717) is 6.04 Å². The molecule has 1 heterocycles. The lowest BCUT2D eigenvalue weighted by atomic mass is 10.1. The monoisotopic (exact) mass is 283 g/mol. The minimum Gasteiger partial charge on any atom is -0.309 e. The summed E-state index contributed by atoms with van der Waals surface area (Å²) in [5.41, 5.74) is 2.46. The van der Waals surface area contributed by atoms with Crippen LogP contribution in [0.15, 0.2) is 54.7 Å². The number of aromatic nitrogens is 1. The molecule has 0 saturated carbocycles. The normalized spacial score (nSPS) is 12.5. The maximum atomic E-state index is 4.36. The SMILES string of the molecule is CCN(CC)C(CNCc1ccccn1)c1ccccc1. The lowest BCUT2D eigenvalue weighted by Gasteiger charge is -2.30. The molecule has 3 nitrogen and oxygen atoms in total. The molecule has 0 aliphatic carbocycles. The molecule has 0 aliphatic rings. The van der Waals surface area contributed by atoms with Crippen molar-refractivity contribution in [3.8, 4) is 0 Å². The fourth-order valence-corrected chi connectivity index (χ4v) is 2.64. The van der Waals surface area contributed by atoms with Crippen molar-refractivity contribution in [3.05, 3.63) is 66.0 Å². The van der Waals surface area contributed by atoms with Crippen LogP contribution in [-0.4, -0.2) is 29.5 Å². The summed E-state index contributed by atoms with van der Waals surface area (Å²) in [6, 6.07) is 17.2. The molecule has 112 valence electrons. The fraction of sp³-hybridized carbons (Fsp3) is 0.389. The van der Waals surface area contributed by atoms with Crippen molar-refractivity contribution >= 4 is 0 Å². The smallest absolute Gasteiger partial charge is 0.0541 e. The number of rotatable bonds is 8. The molecule has 2 aromatic rings. The van der Waals surface area contributed by atoms with E-state index in [9.17, 15) is 0 Å². The predicted molar refractivity (Wildman–Crippen MR) is 88.0 cm³/mol. The van der Waals surface area contributed by atoms with Gasteiger partial charge < -0.3 is 5.32 Å². The molecule has 2 rings (SSSR count). The molecule has 1 unspecified atom stereocenters. The molecule has 0 aliphatic heterocycles. The zero-order valence-corrected chi connectivity index (χ0v) is 13.0. The van der Waals surface area contributed by atoms with Gasteiger partial charge in [-0.05, 0) is 30.8 Å².